The van der Waals surface area contributed by atoms with E-state index in [1.165, 1.54) is 37.0 Å². The van der Waals surface area contributed by atoms with Crippen LogP contribution in [0, 0.1) is 5.92 Å². The minimum atomic E-state index is -0.111. The van der Waals surface area contributed by atoms with Gasteiger partial charge >= 0.3 is 0 Å². The summed E-state index contributed by atoms with van der Waals surface area (Å²) < 4.78 is 0. The normalized spacial score (nSPS) is 22.5. The number of piperidine rings is 1. The highest BCUT2D eigenvalue weighted by molar-refractivity contribution is 7.12. The lowest BCUT2D eigenvalue weighted by Gasteiger charge is -2.44. The highest BCUT2D eigenvalue weighted by Crippen LogP contribution is 2.36. The molecule has 1 aliphatic heterocycles. The molecule has 136 valence electrons. The maximum Gasteiger partial charge on any atom is 0.265 e. The first kappa shape index (κ1) is 17.3. The summed E-state index contributed by atoms with van der Waals surface area (Å²) in [5.41, 5.74) is 1.43. The standard InChI is InChI=1S/C21H24N2O2S/c24-20(19-8-4-14-26-19)22-17-11-9-16(10-12-17)21(25)23-13-3-6-15-5-1-2-7-18(15)23/h4,8-12,14-15,18H,1-3,5-7,13H2,(H,22,24). The molecule has 1 aliphatic carbocycles. The van der Waals surface area contributed by atoms with Crippen LogP contribution in [0.4, 0.5) is 5.69 Å². The molecule has 1 saturated heterocycles. The molecule has 0 bridgehead atoms. The fourth-order valence-electron chi connectivity index (χ4n) is 4.34. The Bertz CT molecular complexity index is 768. The topological polar surface area (TPSA) is 49.4 Å². The Balaban J connectivity index is 1.44. The summed E-state index contributed by atoms with van der Waals surface area (Å²) in [6.45, 7) is 0.872. The second kappa shape index (κ2) is 7.62. The minimum Gasteiger partial charge on any atom is -0.335 e. The number of benzene rings is 1. The Labute approximate surface area is 158 Å². The van der Waals surface area contributed by atoms with Gasteiger partial charge in [0.25, 0.3) is 11.8 Å². The molecule has 0 radical (unpaired) electrons. The first-order valence-electron chi connectivity index (χ1n) is 9.48. The molecule has 2 heterocycles. The summed E-state index contributed by atoms with van der Waals surface area (Å²) in [6.07, 6.45) is 7.33. The van der Waals surface area contributed by atoms with Crippen LogP contribution in [0.1, 0.15) is 58.6 Å². The average Bonchev–Trinajstić information content (AvgIpc) is 3.23. The first-order valence-corrected chi connectivity index (χ1v) is 10.4. The molecule has 1 N–H and O–H groups in total. The fraction of sp³-hybridized carbons (Fsp3) is 0.429. The summed E-state index contributed by atoms with van der Waals surface area (Å²) in [5, 5.41) is 4.76. The number of nitrogens with one attached hydrogen (secondary N) is 1. The van der Waals surface area contributed by atoms with Crippen molar-refractivity contribution in [2.45, 2.75) is 44.6 Å². The van der Waals surface area contributed by atoms with Crippen LogP contribution in [0.3, 0.4) is 0 Å². The molecular formula is C21H24N2O2S. The Kier molecular flexibility index (Phi) is 5.07. The van der Waals surface area contributed by atoms with E-state index >= 15 is 0 Å². The minimum absolute atomic E-state index is 0.111. The van der Waals surface area contributed by atoms with Crippen LogP contribution in [-0.2, 0) is 0 Å². The van der Waals surface area contributed by atoms with Crippen LogP contribution >= 0.6 is 11.3 Å². The molecule has 2 aromatic rings. The third-order valence-electron chi connectivity index (χ3n) is 5.64. The molecule has 2 aliphatic rings. The van der Waals surface area contributed by atoms with Crippen molar-refractivity contribution >= 4 is 28.8 Å². The lowest BCUT2D eigenvalue weighted by atomic mass is 9.78. The van der Waals surface area contributed by atoms with E-state index < -0.39 is 0 Å². The Morgan fingerprint density at radius 1 is 1.00 bits per heavy atom. The smallest absolute Gasteiger partial charge is 0.265 e. The SMILES string of the molecule is O=C(Nc1ccc(C(=O)N2CCCC3CCCCC32)cc1)c1cccs1. The van der Waals surface area contributed by atoms with Crippen LogP contribution in [0.2, 0.25) is 0 Å². The molecule has 2 amide bonds. The van der Waals surface area contributed by atoms with Crippen molar-refractivity contribution in [3.63, 3.8) is 0 Å². The molecule has 1 aromatic heterocycles. The number of nitrogens with zero attached hydrogens (tertiary/aromatic N) is 1. The largest absolute Gasteiger partial charge is 0.335 e. The van der Waals surface area contributed by atoms with E-state index in [9.17, 15) is 9.59 Å². The van der Waals surface area contributed by atoms with Gasteiger partial charge in [-0.15, -0.1) is 11.3 Å². The molecule has 26 heavy (non-hydrogen) atoms. The van der Waals surface area contributed by atoms with Crippen molar-refractivity contribution in [1.82, 2.24) is 4.90 Å². The maximum atomic E-state index is 13.0. The zero-order valence-electron chi connectivity index (χ0n) is 14.8. The van der Waals surface area contributed by atoms with Crippen molar-refractivity contribution in [3.05, 3.63) is 52.2 Å². The lowest BCUT2D eigenvalue weighted by Crippen LogP contribution is -2.49. The van der Waals surface area contributed by atoms with E-state index in [1.54, 1.807) is 6.07 Å². The monoisotopic (exact) mass is 368 g/mol. The van der Waals surface area contributed by atoms with Crippen LogP contribution in [0.25, 0.3) is 0 Å². The Morgan fingerprint density at radius 3 is 2.54 bits per heavy atom. The van der Waals surface area contributed by atoms with E-state index in [1.807, 2.05) is 35.7 Å². The van der Waals surface area contributed by atoms with E-state index in [4.69, 9.17) is 0 Å². The highest BCUT2D eigenvalue weighted by Gasteiger charge is 2.35. The molecule has 2 atom stereocenters. The van der Waals surface area contributed by atoms with Crippen LogP contribution in [0.15, 0.2) is 41.8 Å². The fourth-order valence-corrected chi connectivity index (χ4v) is 4.96. The predicted octanol–water partition coefficient (Wildman–Crippen LogP) is 4.80. The molecule has 1 saturated carbocycles. The van der Waals surface area contributed by atoms with Gasteiger partial charge in [0.05, 0.1) is 4.88 Å². The molecular weight excluding hydrogens is 344 g/mol. The van der Waals surface area contributed by atoms with E-state index in [0.29, 0.717) is 28.1 Å². The van der Waals surface area contributed by atoms with Crippen molar-refractivity contribution in [2.24, 2.45) is 5.92 Å². The summed E-state index contributed by atoms with van der Waals surface area (Å²) >= 11 is 1.41. The van der Waals surface area contributed by atoms with Gasteiger partial charge in [0, 0.05) is 23.8 Å². The quantitative estimate of drug-likeness (QED) is 0.846. The van der Waals surface area contributed by atoms with Crippen molar-refractivity contribution in [1.29, 1.82) is 0 Å². The van der Waals surface area contributed by atoms with Crippen LogP contribution in [-0.4, -0.2) is 29.3 Å². The van der Waals surface area contributed by atoms with Gasteiger partial charge in [-0.05, 0) is 67.3 Å². The molecule has 5 heteroatoms. The number of thiophene rings is 1. The van der Waals surface area contributed by atoms with Gasteiger partial charge in [-0.25, -0.2) is 0 Å². The number of hydrogen-bond donors (Lipinski definition) is 1. The Morgan fingerprint density at radius 2 is 1.77 bits per heavy atom. The van der Waals surface area contributed by atoms with E-state index in [2.05, 4.69) is 10.2 Å². The highest BCUT2D eigenvalue weighted by atomic mass is 32.1. The number of rotatable bonds is 3. The van der Waals surface area contributed by atoms with Gasteiger partial charge in [0.1, 0.15) is 0 Å². The van der Waals surface area contributed by atoms with Crippen LogP contribution < -0.4 is 5.32 Å². The Hall–Kier alpha value is -2.14. The van der Waals surface area contributed by atoms with Gasteiger partial charge in [-0.2, -0.15) is 0 Å². The number of carbonyl (C=O) groups excluding carboxylic acids is 2. The molecule has 4 rings (SSSR count). The zero-order chi connectivity index (χ0) is 17.9. The number of anilines is 1. The maximum absolute atomic E-state index is 13.0. The lowest BCUT2D eigenvalue weighted by molar-refractivity contribution is 0.0390. The summed E-state index contributed by atoms with van der Waals surface area (Å²) in [4.78, 5) is 27.9. The number of amides is 2. The molecule has 2 fully saturated rings. The molecule has 1 aromatic carbocycles. The van der Waals surface area contributed by atoms with Crippen molar-refractivity contribution in [2.75, 3.05) is 11.9 Å². The van der Waals surface area contributed by atoms with E-state index in [-0.39, 0.29) is 11.8 Å². The van der Waals surface area contributed by atoms with Crippen LogP contribution in [0.5, 0.6) is 0 Å². The third-order valence-corrected chi connectivity index (χ3v) is 6.51. The number of carbonyl (C=O) groups is 2. The second-order valence-electron chi connectivity index (χ2n) is 7.26. The van der Waals surface area contributed by atoms with Gasteiger partial charge in [0.2, 0.25) is 0 Å². The predicted molar refractivity (Wildman–Crippen MR) is 105 cm³/mol. The average molecular weight is 369 g/mol. The summed E-state index contributed by atoms with van der Waals surface area (Å²) in [5.74, 6) is 0.712. The zero-order valence-corrected chi connectivity index (χ0v) is 15.6. The molecule has 4 nitrogen and oxygen atoms in total. The van der Waals surface area contributed by atoms with Gasteiger partial charge < -0.3 is 10.2 Å². The van der Waals surface area contributed by atoms with E-state index in [0.717, 1.165) is 19.4 Å². The van der Waals surface area contributed by atoms with Gasteiger partial charge in [-0.3, -0.25) is 9.59 Å². The first-order chi connectivity index (χ1) is 12.7. The number of hydrogen-bond acceptors (Lipinski definition) is 3. The van der Waals surface area contributed by atoms with Gasteiger partial charge in [-0.1, -0.05) is 18.9 Å². The van der Waals surface area contributed by atoms with Crippen molar-refractivity contribution < 1.29 is 9.59 Å². The second-order valence-corrected chi connectivity index (χ2v) is 8.21. The summed E-state index contributed by atoms with van der Waals surface area (Å²) in [6, 6.07) is 11.4. The molecule has 2 unspecified atom stereocenters. The van der Waals surface area contributed by atoms with Gasteiger partial charge in [0.15, 0.2) is 0 Å². The molecule has 0 spiro atoms. The van der Waals surface area contributed by atoms with Crippen molar-refractivity contribution in [3.8, 4) is 0 Å². The number of likely N-dealkylation sites (tertiary alicyclic amines) is 1. The summed E-state index contributed by atoms with van der Waals surface area (Å²) in [7, 11) is 0. The number of fused-ring (bicyclic) bond motifs is 1. The third kappa shape index (κ3) is 3.54.